The number of benzene rings is 3. The Hall–Kier alpha value is -3.58. The molecule has 0 aliphatic rings. The molecule has 2 aromatic heterocycles. The molecule has 0 aliphatic heterocycles. The Morgan fingerprint density at radius 1 is 1.03 bits per heavy atom. The molecule has 29 heavy (non-hydrogen) atoms. The van der Waals surface area contributed by atoms with Crippen LogP contribution in [-0.4, -0.2) is 40.2 Å². The molecule has 5 aromatic rings. The summed E-state index contributed by atoms with van der Waals surface area (Å²) in [5.74, 6) is 0.0313. The number of aromatic hydroxyl groups is 1. The largest absolute Gasteiger partial charge is 0.508 e. The monoisotopic (exact) mass is 389 g/mol. The first-order valence-electron chi connectivity index (χ1n) is 9.33. The van der Waals surface area contributed by atoms with Crippen LogP contribution >= 0.6 is 0 Å². The van der Waals surface area contributed by atoms with Crippen molar-refractivity contribution in [2.75, 3.05) is 20.6 Å². The van der Waals surface area contributed by atoms with Gasteiger partial charge in [0.2, 0.25) is 0 Å². The molecule has 0 aliphatic carbocycles. The molecular weight excluding hydrogens is 370 g/mol. The zero-order valence-electron chi connectivity index (χ0n) is 16.0. The summed E-state index contributed by atoms with van der Waals surface area (Å²) in [6, 6.07) is 12.2. The maximum Gasteiger partial charge on any atom is 0.265 e. The van der Waals surface area contributed by atoms with E-state index in [1.54, 1.807) is 12.1 Å². The lowest BCUT2D eigenvalue weighted by Crippen LogP contribution is -2.30. The van der Waals surface area contributed by atoms with Crippen molar-refractivity contribution in [1.29, 1.82) is 0 Å². The maximum absolute atomic E-state index is 13.2. The van der Waals surface area contributed by atoms with Gasteiger partial charge in [0.15, 0.2) is 11.2 Å². The fourth-order valence-electron chi connectivity index (χ4n) is 3.87. The summed E-state index contributed by atoms with van der Waals surface area (Å²) in [6.07, 6.45) is 0. The van der Waals surface area contributed by atoms with Crippen molar-refractivity contribution >= 4 is 43.7 Å². The Morgan fingerprint density at radius 3 is 2.59 bits per heavy atom. The Morgan fingerprint density at radius 2 is 1.79 bits per heavy atom. The predicted octanol–water partition coefficient (Wildman–Crippen LogP) is 3.01. The maximum atomic E-state index is 13.2. The van der Waals surface area contributed by atoms with E-state index < -0.39 is 0 Å². The van der Waals surface area contributed by atoms with E-state index in [1.165, 1.54) is 10.6 Å². The molecule has 2 N–H and O–H groups in total. The van der Waals surface area contributed by atoms with E-state index >= 15 is 0 Å². The number of fused-ring (bicyclic) bond motifs is 7. The van der Waals surface area contributed by atoms with Gasteiger partial charge in [0.1, 0.15) is 5.75 Å². The number of phenols is 1. The average Bonchev–Trinajstić information content (AvgIpc) is 2.95. The number of phenolic OH excluding ortho intramolecular Hbond substituents is 1. The van der Waals surface area contributed by atoms with Gasteiger partial charge in [-0.15, -0.1) is 0 Å². The lowest BCUT2D eigenvalue weighted by atomic mass is 10.0. The van der Waals surface area contributed by atoms with Crippen molar-refractivity contribution in [2.24, 2.45) is 0 Å². The highest BCUT2D eigenvalue weighted by Crippen LogP contribution is 2.34. The van der Waals surface area contributed by atoms with Crippen molar-refractivity contribution in [3.8, 4) is 5.75 Å². The van der Waals surface area contributed by atoms with Gasteiger partial charge >= 0.3 is 0 Å². The van der Waals surface area contributed by atoms with E-state index in [0.717, 1.165) is 5.52 Å². The smallest absolute Gasteiger partial charge is 0.265 e. The van der Waals surface area contributed by atoms with Gasteiger partial charge in [-0.2, -0.15) is 0 Å². The molecule has 0 amide bonds. The van der Waals surface area contributed by atoms with Gasteiger partial charge in [-0.05, 0) is 44.4 Å². The first-order valence-corrected chi connectivity index (χ1v) is 9.33. The van der Waals surface area contributed by atoms with Crippen LogP contribution in [-0.2, 0) is 6.54 Å². The molecule has 0 bridgehead atoms. The number of likely N-dealkylation sites (N-methyl/N-ethyl adjacent to an activating group) is 1. The van der Waals surface area contributed by atoms with Crippen molar-refractivity contribution in [3.05, 3.63) is 63.2 Å². The Bertz CT molecular complexity index is 1540. The minimum atomic E-state index is -0.380. The SMILES string of the molecule is CN(C)CCn1c(=O)c2c3cc(O)ccc3c3[nH]c4ccccc4oc3c2c1=O. The second-order valence-electron chi connectivity index (χ2n) is 7.47. The zero-order chi connectivity index (χ0) is 20.3. The summed E-state index contributed by atoms with van der Waals surface area (Å²) in [5, 5.41) is 11.8. The van der Waals surface area contributed by atoms with E-state index in [1.807, 2.05) is 43.3 Å². The molecule has 7 nitrogen and oxygen atoms in total. The summed E-state index contributed by atoms with van der Waals surface area (Å²) in [6.45, 7) is 0.831. The lowest BCUT2D eigenvalue weighted by Gasteiger charge is -2.08. The number of H-pyrrole nitrogens is 1. The highest BCUT2D eigenvalue weighted by molar-refractivity contribution is 6.23. The van der Waals surface area contributed by atoms with Gasteiger partial charge in [0.05, 0.1) is 21.8 Å². The van der Waals surface area contributed by atoms with Gasteiger partial charge in [0, 0.05) is 23.9 Å². The summed E-state index contributed by atoms with van der Waals surface area (Å²) >= 11 is 0. The van der Waals surface area contributed by atoms with Crippen LogP contribution in [0.15, 0.2) is 56.5 Å². The summed E-state index contributed by atoms with van der Waals surface area (Å²) in [5.41, 5.74) is 1.58. The van der Waals surface area contributed by atoms with E-state index in [0.29, 0.717) is 34.0 Å². The number of nitrogens with one attached hydrogen (secondary N) is 1. The molecule has 0 saturated carbocycles. The summed E-state index contributed by atoms with van der Waals surface area (Å²) < 4.78 is 7.36. The minimum absolute atomic E-state index is 0.0313. The van der Waals surface area contributed by atoms with Crippen LogP contribution in [0.1, 0.15) is 0 Å². The second kappa shape index (κ2) is 6.22. The fourth-order valence-corrected chi connectivity index (χ4v) is 3.87. The molecular formula is C22H19N3O4. The quantitative estimate of drug-likeness (QED) is 0.366. The third kappa shape index (κ3) is 2.55. The predicted molar refractivity (Wildman–Crippen MR) is 114 cm³/mol. The molecule has 7 heteroatoms. The van der Waals surface area contributed by atoms with Crippen LogP contribution in [0.25, 0.3) is 43.7 Å². The van der Waals surface area contributed by atoms with E-state index in [4.69, 9.17) is 4.42 Å². The number of hydrogen-bond donors (Lipinski definition) is 2. The second-order valence-corrected chi connectivity index (χ2v) is 7.47. The first-order chi connectivity index (χ1) is 14.0. The number of hydrogen-bond acceptors (Lipinski definition) is 5. The Balaban J connectivity index is 2.04. The number of rotatable bonds is 3. The van der Waals surface area contributed by atoms with Crippen LogP contribution in [0.2, 0.25) is 0 Å². The zero-order valence-corrected chi connectivity index (χ0v) is 16.0. The highest BCUT2D eigenvalue weighted by Gasteiger charge is 2.22. The lowest BCUT2D eigenvalue weighted by molar-refractivity contribution is 0.380. The summed E-state index contributed by atoms with van der Waals surface area (Å²) in [4.78, 5) is 31.7. The average molecular weight is 389 g/mol. The van der Waals surface area contributed by atoms with E-state index in [2.05, 4.69) is 4.98 Å². The van der Waals surface area contributed by atoms with Crippen molar-refractivity contribution in [1.82, 2.24) is 14.5 Å². The molecule has 5 rings (SSSR count). The van der Waals surface area contributed by atoms with Gasteiger partial charge in [-0.3, -0.25) is 14.2 Å². The molecule has 0 atom stereocenters. The number of aromatic nitrogens is 2. The Labute approximate surface area is 164 Å². The topological polar surface area (TPSA) is 91.5 Å². The third-order valence-corrected chi connectivity index (χ3v) is 5.29. The van der Waals surface area contributed by atoms with Crippen LogP contribution < -0.4 is 11.1 Å². The molecule has 0 radical (unpaired) electrons. The fraction of sp³-hybridized carbons (Fsp3) is 0.182. The van der Waals surface area contributed by atoms with Gasteiger partial charge in [-0.1, -0.05) is 12.1 Å². The van der Waals surface area contributed by atoms with E-state index in [-0.39, 0.29) is 34.2 Å². The van der Waals surface area contributed by atoms with Crippen molar-refractivity contribution < 1.29 is 9.52 Å². The molecule has 0 spiro atoms. The van der Waals surface area contributed by atoms with E-state index in [9.17, 15) is 14.7 Å². The molecule has 0 fully saturated rings. The first kappa shape index (κ1) is 17.5. The molecule has 3 aromatic carbocycles. The van der Waals surface area contributed by atoms with Crippen LogP contribution in [0.4, 0.5) is 0 Å². The minimum Gasteiger partial charge on any atom is -0.508 e. The standard InChI is InChI=1S/C22H19N3O4/c1-24(2)9-10-25-21(27)17-14-11-12(26)7-8-13(14)19-20(18(17)22(25)28)29-16-6-4-3-5-15(16)23-19/h3-8,11,23,26H,9-10H2,1-2H3. The van der Waals surface area contributed by atoms with Gasteiger partial charge < -0.3 is 19.4 Å². The van der Waals surface area contributed by atoms with Crippen LogP contribution in [0.5, 0.6) is 5.75 Å². The number of para-hydroxylation sites is 2. The highest BCUT2D eigenvalue weighted by atomic mass is 16.3. The number of nitrogens with zero attached hydrogens (tertiary/aromatic N) is 2. The van der Waals surface area contributed by atoms with Gasteiger partial charge in [0.25, 0.3) is 11.1 Å². The van der Waals surface area contributed by atoms with Gasteiger partial charge in [-0.25, -0.2) is 0 Å². The van der Waals surface area contributed by atoms with Crippen LogP contribution in [0.3, 0.4) is 0 Å². The number of aromatic amines is 1. The molecule has 0 saturated heterocycles. The van der Waals surface area contributed by atoms with Crippen molar-refractivity contribution in [2.45, 2.75) is 6.54 Å². The molecule has 146 valence electrons. The summed E-state index contributed by atoms with van der Waals surface area (Å²) in [7, 11) is 3.77. The molecule has 2 heterocycles. The normalized spacial score (nSPS) is 12.1. The Kier molecular flexibility index (Phi) is 3.75. The van der Waals surface area contributed by atoms with Crippen molar-refractivity contribution in [3.63, 3.8) is 0 Å². The molecule has 0 unspecified atom stereocenters. The van der Waals surface area contributed by atoms with Crippen LogP contribution in [0, 0.1) is 0 Å². The third-order valence-electron chi connectivity index (χ3n) is 5.29.